The van der Waals surface area contributed by atoms with Gasteiger partial charge in [0.25, 0.3) is 0 Å². The van der Waals surface area contributed by atoms with Gasteiger partial charge in [-0.25, -0.2) is 0 Å². The van der Waals surface area contributed by atoms with Gasteiger partial charge in [0, 0.05) is 26.1 Å². The molecule has 1 rings (SSSR count). The van der Waals surface area contributed by atoms with Crippen LogP contribution in [0.2, 0.25) is 0 Å². The molecule has 3 heteroatoms. The summed E-state index contributed by atoms with van der Waals surface area (Å²) in [6.07, 6.45) is 1.58. The van der Waals surface area contributed by atoms with Gasteiger partial charge in [-0.15, -0.1) is 0 Å². The second-order valence-electron chi connectivity index (χ2n) is 3.70. The summed E-state index contributed by atoms with van der Waals surface area (Å²) >= 11 is 0. The fourth-order valence-corrected chi connectivity index (χ4v) is 1.22. The molecule has 0 aliphatic carbocycles. The third kappa shape index (κ3) is 3.09. The number of ether oxygens (including phenoxy) is 2. The first-order valence-electron chi connectivity index (χ1n) is 4.54. The first-order chi connectivity index (χ1) is 5.62. The largest absolute Gasteiger partial charge is 0.387 e. The van der Waals surface area contributed by atoms with Gasteiger partial charge in [0.2, 0.25) is 0 Å². The lowest BCUT2D eigenvalue weighted by atomic mass is 9.96. The van der Waals surface area contributed by atoms with Crippen molar-refractivity contribution in [1.29, 1.82) is 0 Å². The molecule has 12 heavy (non-hydrogen) atoms. The molecule has 0 bridgehead atoms. The van der Waals surface area contributed by atoms with E-state index in [-0.39, 0.29) is 6.10 Å². The average molecular weight is 174 g/mol. The van der Waals surface area contributed by atoms with Gasteiger partial charge in [-0.1, -0.05) is 0 Å². The number of aliphatic hydroxyl groups is 1. The van der Waals surface area contributed by atoms with Crippen molar-refractivity contribution in [3.63, 3.8) is 0 Å². The molecule has 72 valence electrons. The number of hydrogen-bond donors (Lipinski definition) is 1. The van der Waals surface area contributed by atoms with Gasteiger partial charge in [-0.3, -0.25) is 0 Å². The Kier molecular flexibility index (Phi) is 3.50. The van der Waals surface area contributed by atoms with E-state index < -0.39 is 5.60 Å². The minimum atomic E-state index is -0.636. The van der Waals surface area contributed by atoms with Gasteiger partial charge in [0.1, 0.15) is 0 Å². The molecule has 0 radical (unpaired) electrons. The third-order valence-corrected chi connectivity index (χ3v) is 2.11. The van der Waals surface area contributed by atoms with E-state index in [0.717, 1.165) is 0 Å². The first kappa shape index (κ1) is 9.96. The minimum absolute atomic E-state index is 0.192. The molecule has 0 aromatic carbocycles. The summed E-state index contributed by atoms with van der Waals surface area (Å²) in [5, 5.41) is 9.92. The van der Waals surface area contributed by atoms with E-state index in [1.807, 2.05) is 13.8 Å². The predicted molar refractivity (Wildman–Crippen MR) is 46.1 cm³/mol. The Morgan fingerprint density at radius 1 is 1.42 bits per heavy atom. The molecule has 1 N–H and O–H groups in total. The Bertz CT molecular complexity index is 128. The van der Waals surface area contributed by atoms with Gasteiger partial charge in [0.05, 0.1) is 18.3 Å². The van der Waals surface area contributed by atoms with E-state index in [0.29, 0.717) is 32.7 Å². The molecule has 0 unspecified atom stereocenters. The first-order valence-corrected chi connectivity index (χ1v) is 4.54. The molecule has 1 fully saturated rings. The average Bonchev–Trinajstić information content (AvgIpc) is 2.03. The predicted octanol–water partition coefficient (Wildman–Crippen LogP) is 0.953. The molecule has 1 saturated heterocycles. The Labute approximate surface area is 73.7 Å². The van der Waals surface area contributed by atoms with E-state index in [2.05, 4.69) is 0 Å². The summed E-state index contributed by atoms with van der Waals surface area (Å²) in [6, 6.07) is 0. The van der Waals surface area contributed by atoms with Crippen LogP contribution >= 0.6 is 0 Å². The van der Waals surface area contributed by atoms with Crippen LogP contribution in [0.25, 0.3) is 0 Å². The normalized spacial score (nSPS) is 23.0. The van der Waals surface area contributed by atoms with E-state index in [1.54, 1.807) is 0 Å². The summed E-state index contributed by atoms with van der Waals surface area (Å²) in [6.45, 7) is 5.69. The highest BCUT2D eigenvalue weighted by molar-refractivity contribution is 4.80. The maximum Gasteiger partial charge on any atom is 0.0924 e. The van der Waals surface area contributed by atoms with Crippen LogP contribution < -0.4 is 0 Å². The van der Waals surface area contributed by atoms with Crippen LogP contribution in [0, 0.1) is 0 Å². The van der Waals surface area contributed by atoms with Crippen LogP contribution in [-0.4, -0.2) is 36.6 Å². The number of hydrogen-bond acceptors (Lipinski definition) is 3. The Morgan fingerprint density at radius 2 is 2.00 bits per heavy atom. The second-order valence-corrected chi connectivity index (χ2v) is 3.70. The molecular formula is C9H18O3. The summed E-state index contributed by atoms with van der Waals surface area (Å²) in [4.78, 5) is 0. The molecule has 3 nitrogen and oxygen atoms in total. The van der Waals surface area contributed by atoms with Crippen molar-refractivity contribution in [2.75, 3.05) is 19.8 Å². The molecular weight excluding hydrogens is 156 g/mol. The van der Waals surface area contributed by atoms with Crippen molar-refractivity contribution in [2.24, 2.45) is 0 Å². The molecule has 0 amide bonds. The lowest BCUT2D eigenvalue weighted by molar-refractivity contribution is -0.117. The van der Waals surface area contributed by atoms with E-state index >= 15 is 0 Å². The lowest BCUT2D eigenvalue weighted by Gasteiger charge is -2.32. The van der Waals surface area contributed by atoms with Gasteiger partial charge in [-0.2, -0.15) is 0 Å². The van der Waals surface area contributed by atoms with Crippen molar-refractivity contribution in [1.82, 2.24) is 0 Å². The fourth-order valence-electron chi connectivity index (χ4n) is 1.22. The molecule has 0 aromatic heterocycles. The van der Waals surface area contributed by atoms with Crippen LogP contribution in [0.15, 0.2) is 0 Å². The molecule has 0 aromatic rings. The van der Waals surface area contributed by atoms with Gasteiger partial charge in [0.15, 0.2) is 0 Å². The van der Waals surface area contributed by atoms with Gasteiger partial charge < -0.3 is 14.6 Å². The van der Waals surface area contributed by atoms with Gasteiger partial charge in [-0.05, 0) is 13.8 Å². The van der Waals surface area contributed by atoms with Crippen LogP contribution in [0.1, 0.15) is 26.7 Å². The Balaban J connectivity index is 2.26. The van der Waals surface area contributed by atoms with E-state index in [1.165, 1.54) is 0 Å². The van der Waals surface area contributed by atoms with Crippen LogP contribution in [0.5, 0.6) is 0 Å². The monoisotopic (exact) mass is 174 g/mol. The highest BCUT2D eigenvalue weighted by atomic mass is 16.5. The van der Waals surface area contributed by atoms with E-state index in [4.69, 9.17) is 9.47 Å². The molecule has 1 aliphatic rings. The Morgan fingerprint density at radius 3 is 2.50 bits per heavy atom. The smallest absolute Gasteiger partial charge is 0.0924 e. The van der Waals surface area contributed by atoms with Crippen molar-refractivity contribution in [3.05, 3.63) is 0 Å². The topological polar surface area (TPSA) is 38.7 Å². The van der Waals surface area contributed by atoms with Gasteiger partial charge >= 0.3 is 0 Å². The summed E-state index contributed by atoms with van der Waals surface area (Å²) in [5.41, 5.74) is -0.636. The second kappa shape index (κ2) is 4.21. The highest BCUT2D eigenvalue weighted by Gasteiger charge is 2.30. The summed E-state index contributed by atoms with van der Waals surface area (Å²) < 4.78 is 10.5. The molecule has 1 aliphatic heterocycles. The summed E-state index contributed by atoms with van der Waals surface area (Å²) in [5.74, 6) is 0. The van der Waals surface area contributed by atoms with Crippen LogP contribution in [0.4, 0.5) is 0 Å². The van der Waals surface area contributed by atoms with E-state index in [9.17, 15) is 5.11 Å². The zero-order chi connectivity index (χ0) is 9.03. The van der Waals surface area contributed by atoms with Crippen molar-refractivity contribution < 1.29 is 14.6 Å². The summed E-state index contributed by atoms with van der Waals surface area (Å²) in [7, 11) is 0. The maximum atomic E-state index is 9.92. The SMILES string of the molecule is CC(C)OCC1(O)CCOCC1. The fraction of sp³-hybridized carbons (Fsp3) is 1.00. The van der Waals surface area contributed by atoms with Crippen LogP contribution in [-0.2, 0) is 9.47 Å². The van der Waals surface area contributed by atoms with Crippen molar-refractivity contribution >= 4 is 0 Å². The zero-order valence-corrected chi connectivity index (χ0v) is 7.88. The van der Waals surface area contributed by atoms with Crippen molar-refractivity contribution in [2.45, 2.75) is 38.4 Å². The molecule has 0 spiro atoms. The quantitative estimate of drug-likeness (QED) is 0.692. The van der Waals surface area contributed by atoms with Crippen molar-refractivity contribution in [3.8, 4) is 0 Å². The van der Waals surface area contributed by atoms with Crippen LogP contribution in [0.3, 0.4) is 0 Å². The molecule has 0 atom stereocenters. The third-order valence-electron chi connectivity index (χ3n) is 2.11. The minimum Gasteiger partial charge on any atom is -0.387 e. The zero-order valence-electron chi connectivity index (χ0n) is 7.88. The highest BCUT2D eigenvalue weighted by Crippen LogP contribution is 2.20. The number of rotatable bonds is 3. The standard InChI is InChI=1S/C9H18O3/c1-8(2)12-7-9(10)3-5-11-6-4-9/h8,10H,3-7H2,1-2H3. The Hall–Kier alpha value is -0.120. The molecule has 1 heterocycles. The maximum absolute atomic E-state index is 9.92. The molecule has 0 saturated carbocycles. The lowest BCUT2D eigenvalue weighted by Crippen LogP contribution is -2.41.